The molecule has 10 heteroatoms. The predicted molar refractivity (Wildman–Crippen MR) is 91.6 cm³/mol. The number of carbonyl (C=O) groups excluding carboxylic acids is 3. The van der Waals surface area contributed by atoms with Gasteiger partial charge in [-0.25, -0.2) is 4.79 Å². The molecule has 0 saturated carbocycles. The number of nitrogens with one attached hydrogen (secondary N) is 3. The summed E-state index contributed by atoms with van der Waals surface area (Å²) in [6.07, 6.45) is 0.929. The number of amides is 1. The van der Waals surface area contributed by atoms with E-state index in [1.807, 2.05) is 0 Å². The predicted octanol–water partition coefficient (Wildman–Crippen LogP) is -1.03. The summed E-state index contributed by atoms with van der Waals surface area (Å²) in [5.74, 6) is -1.74. The van der Waals surface area contributed by atoms with E-state index in [0.717, 1.165) is 0 Å². The summed E-state index contributed by atoms with van der Waals surface area (Å²) in [6, 6.07) is -1.79. The van der Waals surface area contributed by atoms with Gasteiger partial charge in [-0.3, -0.25) is 15.0 Å². The molecule has 0 aliphatic rings. The van der Waals surface area contributed by atoms with Crippen molar-refractivity contribution in [3.63, 3.8) is 0 Å². The molecule has 0 radical (unpaired) electrons. The van der Waals surface area contributed by atoms with Gasteiger partial charge >= 0.3 is 11.9 Å². The zero-order chi connectivity index (χ0) is 19.2. The zero-order valence-electron chi connectivity index (χ0n) is 14.8. The Morgan fingerprint density at radius 2 is 1.76 bits per heavy atom. The van der Waals surface area contributed by atoms with Crippen LogP contribution in [0.15, 0.2) is 0 Å². The summed E-state index contributed by atoms with van der Waals surface area (Å²) in [7, 11) is 0. The molecule has 0 spiro atoms. The molecule has 0 heterocycles. The third kappa shape index (κ3) is 10.9. The van der Waals surface area contributed by atoms with E-state index in [9.17, 15) is 14.4 Å². The summed E-state index contributed by atoms with van der Waals surface area (Å²) >= 11 is 0. The monoisotopic (exact) mass is 359 g/mol. The summed E-state index contributed by atoms with van der Waals surface area (Å²) < 4.78 is 9.71. The molecule has 7 N–H and O–H groups in total. The molecule has 25 heavy (non-hydrogen) atoms. The third-order valence-corrected chi connectivity index (χ3v) is 3.17. The quantitative estimate of drug-likeness (QED) is 0.127. The van der Waals surface area contributed by atoms with Gasteiger partial charge in [-0.15, -0.1) is 0 Å². The van der Waals surface area contributed by atoms with Crippen LogP contribution in [0.3, 0.4) is 0 Å². The second kappa shape index (κ2) is 13.0. The zero-order valence-corrected chi connectivity index (χ0v) is 14.8. The molecule has 0 aliphatic heterocycles. The first kappa shape index (κ1) is 22.6. The molecule has 10 nitrogen and oxygen atoms in total. The maximum Gasteiger partial charge on any atom is 0.328 e. The molecule has 0 fully saturated rings. The Morgan fingerprint density at radius 1 is 1.12 bits per heavy atom. The lowest BCUT2D eigenvalue weighted by Gasteiger charge is -2.19. The van der Waals surface area contributed by atoms with Gasteiger partial charge in [-0.1, -0.05) is 0 Å². The molecule has 2 unspecified atom stereocenters. The van der Waals surface area contributed by atoms with Crippen molar-refractivity contribution < 1.29 is 23.9 Å². The van der Waals surface area contributed by atoms with Crippen molar-refractivity contribution in [1.29, 1.82) is 5.41 Å². The van der Waals surface area contributed by atoms with Crippen LogP contribution >= 0.6 is 0 Å². The summed E-state index contributed by atoms with van der Waals surface area (Å²) in [6.45, 7) is 4.15. The topological polar surface area (TPSA) is 170 Å². The Bertz CT molecular complexity index is 458. The van der Waals surface area contributed by atoms with Gasteiger partial charge in [0.1, 0.15) is 6.04 Å². The lowest BCUT2D eigenvalue weighted by Crippen LogP contribution is -2.49. The van der Waals surface area contributed by atoms with Crippen molar-refractivity contribution in [3.05, 3.63) is 0 Å². The van der Waals surface area contributed by atoms with E-state index in [1.54, 1.807) is 13.8 Å². The van der Waals surface area contributed by atoms with Crippen LogP contribution in [0.5, 0.6) is 0 Å². The first-order valence-electron chi connectivity index (χ1n) is 8.27. The van der Waals surface area contributed by atoms with Gasteiger partial charge < -0.3 is 31.6 Å². The van der Waals surface area contributed by atoms with Crippen LogP contribution in [0.25, 0.3) is 0 Å². The van der Waals surface area contributed by atoms with Crippen molar-refractivity contribution >= 4 is 23.8 Å². The Labute approximate surface area is 147 Å². The molecule has 0 aromatic heterocycles. The van der Waals surface area contributed by atoms with Gasteiger partial charge in [-0.2, -0.15) is 0 Å². The number of esters is 2. The number of ether oxygens (including phenoxy) is 2. The fraction of sp³-hybridized carbons (Fsp3) is 0.733. The molecule has 2 atom stereocenters. The highest BCUT2D eigenvalue weighted by atomic mass is 16.5. The smallest absolute Gasteiger partial charge is 0.328 e. The second-order valence-corrected chi connectivity index (χ2v) is 5.25. The highest BCUT2D eigenvalue weighted by Gasteiger charge is 2.25. The summed E-state index contributed by atoms with van der Waals surface area (Å²) in [4.78, 5) is 35.5. The summed E-state index contributed by atoms with van der Waals surface area (Å²) in [5, 5.41) is 12.1. The molecule has 0 aromatic rings. The van der Waals surface area contributed by atoms with Crippen molar-refractivity contribution in [3.8, 4) is 0 Å². The molecular formula is C15H29N5O5. The van der Waals surface area contributed by atoms with Crippen molar-refractivity contribution in [2.45, 2.75) is 51.6 Å². The number of guanidine groups is 1. The highest BCUT2D eigenvalue weighted by Crippen LogP contribution is 2.04. The minimum atomic E-state index is -0.960. The first-order chi connectivity index (χ1) is 11.8. The molecule has 144 valence electrons. The molecular weight excluding hydrogens is 330 g/mol. The van der Waals surface area contributed by atoms with Crippen LogP contribution in [-0.4, -0.2) is 55.6 Å². The van der Waals surface area contributed by atoms with Crippen molar-refractivity contribution in [2.75, 3.05) is 19.8 Å². The lowest BCUT2D eigenvalue weighted by atomic mass is 10.1. The van der Waals surface area contributed by atoms with Crippen LogP contribution in [0.4, 0.5) is 0 Å². The second-order valence-electron chi connectivity index (χ2n) is 5.25. The fourth-order valence-corrected chi connectivity index (χ4v) is 1.94. The van der Waals surface area contributed by atoms with Crippen LogP contribution in [-0.2, 0) is 23.9 Å². The molecule has 0 bridgehead atoms. The summed E-state index contributed by atoms with van der Waals surface area (Å²) in [5.41, 5.74) is 10.9. The molecule has 1 amide bonds. The van der Waals surface area contributed by atoms with E-state index >= 15 is 0 Å². The average molecular weight is 359 g/mol. The van der Waals surface area contributed by atoms with E-state index in [1.165, 1.54) is 0 Å². The maximum absolute atomic E-state index is 12.1. The molecule has 0 aliphatic carbocycles. The van der Waals surface area contributed by atoms with E-state index in [2.05, 4.69) is 10.6 Å². The van der Waals surface area contributed by atoms with E-state index in [4.69, 9.17) is 26.4 Å². The van der Waals surface area contributed by atoms with Crippen LogP contribution < -0.4 is 22.1 Å². The molecule has 0 saturated heterocycles. The number of carbonyl (C=O) groups is 3. The molecule has 0 rings (SSSR count). The van der Waals surface area contributed by atoms with Crippen molar-refractivity contribution in [1.82, 2.24) is 10.6 Å². The maximum atomic E-state index is 12.1. The number of hydrogen-bond acceptors (Lipinski definition) is 7. The minimum absolute atomic E-state index is 0.0185. The number of rotatable bonds is 12. The fourth-order valence-electron chi connectivity index (χ4n) is 1.94. The van der Waals surface area contributed by atoms with E-state index in [0.29, 0.717) is 19.4 Å². The van der Waals surface area contributed by atoms with E-state index in [-0.39, 0.29) is 32.0 Å². The normalized spacial score (nSPS) is 12.6. The SMILES string of the molecule is CCOC(=O)CCC(NC(=O)C(N)CCCNC(=N)N)C(=O)OCC. The average Bonchev–Trinajstić information content (AvgIpc) is 2.55. The van der Waals surface area contributed by atoms with Gasteiger partial charge in [0.15, 0.2) is 5.96 Å². The van der Waals surface area contributed by atoms with Gasteiger partial charge in [0.2, 0.25) is 5.91 Å². The lowest BCUT2D eigenvalue weighted by molar-refractivity contribution is -0.149. The number of hydrogen-bond donors (Lipinski definition) is 5. The highest BCUT2D eigenvalue weighted by molar-refractivity contribution is 5.87. The Balaban J connectivity index is 4.49. The standard InChI is InChI=1S/C15H29N5O5/c1-3-24-12(21)8-7-11(14(23)25-4-2)20-13(22)10(16)6-5-9-19-15(17)18/h10-11H,3-9,16H2,1-2H3,(H,20,22)(H4,17,18,19). The van der Waals surface area contributed by atoms with Gasteiger partial charge in [-0.05, 0) is 33.1 Å². The number of nitrogens with two attached hydrogens (primary N) is 2. The molecule has 0 aromatic carbocycles. The minimum Gasteiger partial charge on any atom is -0.466 e. The third-order valence-electron chi connectivity index (χ3n) is 3.17. The van der Waals surface area contributed by atoms with Gasteiger partial charge in [0.25, 0.3) is 0 Å². The Hall–Kier alpha value is -2.36. The Kier molecular flexibility index (Phi) is 11.8. The first-order valence-corrected chi connectivity index (χ1v) is 8.27. The van der Waals surface area contributed by atoms with Gasteiger partial charge in [0.05, 0.1) is 19.3 Å². The Morgan fingerprint density at radius 3 is 2.32 bits per heavy atom. The van der Waals surface area contributed by atoms with E-state index < -0.39 is 29.9 Å². The van der Waals surface area contributed by atoms with Gasteiger partial charge in [0, 0.05) is 13.0 Å². The largest absolute Gasteiger partial charge is 0.466 e. The van der Waals surface area contributed by atoms with Crippen LogP contribution in [0.2, 0.25) is 0 Å². The van der Waals surface area contributed by atoms with Crippen molar-refractivity contribution in [2.24, 2.45) is 11.5 Å². The van der Waals surface area contributed by atoms with Crippen LogP contribution in [0, 0.1) is 5.41 Å². The van der Waals surface area contributed by atoms with Crippen LogP contribution in [0.1, 0.15) is 39.5 Å².